The van der Waals surface area contributed by atoms with Crippen molar-refractivity contribution in [2.45, 2.75) is 0 Å². The highest BCUT2D eigenvalue weighted by Gasteiger charge is 2.15. The van der Waals surface area contributed by atoms with Gasteiger partial charge in [-0.2, -0.15) is 5.26 Å². The topological polar surface area (TPSA) is 97.4 Å². The minimum Gasteiger partial charge on any atom is -0.497 e. The van der Waals surface area contributed by atoms with E-state index in [9.17, 15) is 10.1 Å². The van der Waals surface area contributed by atoms with Crippen molar-refractivity contribution in [1.29, 1.82) is 5.26 Å². The molecule has 2 aromatic rings. The highest BCUT2D eigenvalue weighted by molar-refractivity contribution is 5.72. The first kappa shape index (κ1) is 15.1. The Bertz CT molecular complexity index is 731. The van der Waals surface area contributed by atoms with Crippen molar-refractivity contribution < 1.29 is 14.4 Å². The van der Waals surface area contributed by atoms with Crippen LogP contribution in [-0.2, 0) is 0 Å². The molecule has 0 atom stereocenters. The lowest BCUT2D eigenvalue weighted by atomic mass is 10.1. The van der Waals surface area contributed by atoms with Gasteiger partial charge in [-0.25, -0.2) is 0 Å². The average molecular weight is 299 g/mol. The van der Waals surface area contributed by atoms with E-state index in [4.69, 9.17) is 14.7 Å². The molecule has 0 aliphatic rings. The van der Waals surface area contributed by atoms with Crippen LogP contribution in [0.2, 0.25) is 0 Å². The molecule has 0 radical (unpaired) electrons. The van der Waals surface area contributed by atoms with Crippen molar-refractivity contribution in [3.63, 3.8) is 0 Å². The van der Waals surface area contributed by atoms with E-state index in [0.29, 0.717) is 22.7 Å². The van der Waals surface area contributed by atoms with Gasteiger partial charge in [0.25, 0.3) is 5.69 Å². The highest BCUT2D eigenvalue weighted by atomic mass is 16.6. The lowest BCUT2D eigenvalue weighted by molar-refractivity contribution is -0.383. The molecule has 0 aromatic heterocycles. The minimum absolute atomic E-state index is 0.124. The lowest BCUT2D eigenvalue weighted by Gasteiger charge is -2.11. The quantitative estimate of drug-likeness (QED) is 0.672. The van der Waals surface area contributed by atoms with Gasteiger partial charge in [-0.1, -0.05) is 0 Å². The number of nitro benzene ring substituents is 1. The smallest absolute Gasteiger partial charge is 0.292 e. The van der Waals surface area contributed by atoms with Gasteiger partial charge in [0, 0.05) is 30.0 Å². The van der Waals surface area contributed by atoms with Crippen LogP contribution in [0.25, 0.3) is 0 Å². The molecule has 0 amide bonds. The number of hydrogen-bond acceptors (Lipinski definition) is 6. The van der Waals surface area contributed by atoms with Crippen LogP contribution in [0.1, 0.15) is 5.56 Å². The van der Waals surface area contributed by atoms with Crippen molar-refractivity contribution in [3.8, 4) is 17.6 Å². The van der Waals surface area contributed by atoms with Gasteiger partial charge in [0.15, 0.2) is 0 Å². The number of methoxy groups -OCH3 is 2. The zero-order valence-electron chi connectivity index (χ0n) is 12.0. The van der Waals surface area contributed by atoms with Crippen LogP contribution in [0.15, 0.2) is 36.4 Å². The maximum atomic E-state index is 11.1. The molecule has 0 saturated carbocycles. The third-order valence-electron chi connectivity index (χ3n) is 2.95. The third kappa shape index (κ3) is 3.24. The number of benzene rings is 2. The molecular formula is C15H13N3O4. The standard InChI is InChI=1S/C15H13N3O4/c1-21-12-6-11(7-13(8-12)22-2)17-14-5-10(9-16)3-4-15(14)18(19)20/h3-8,17H,1-2H3. The van der Waals surface area contributed by atoms with E-state index in [1.54, 1.807) is 18.2 Å². The molecule has 0 aliphatic heterocycles. The molecule has 0 bridgehead atoms. The molecule has 0 unspecified atom stereocenters. The Morgan fingerprint density at radius 1 is 1.14 bits per heavy atom. The van der Waals surface area contributed by atoms with E-state index in [1.165, 1.54) is 32.4 Å². The predicted molar refractivity (Wildman–Crippen MR) is 80.6 cm³/mol. The third-order valence-corrected chi connectivity index (χ3v) is 2.95. The summed E-state index contributed by atoms with van der Waals surface area (Å²) in [5.41, 5.74) is 0.970. The van der Waals surface area contributed by atoms with Crippen LogP contribution in [0.4, 0.5) is 17.1 Å². The summed E-state index contributed by atoms with van der Waals surface area (Å²) >= 11 is 0. The molecule has 0 aliphatic carbocycles. The first-order valence-corrected chi connectivity index (χ1v) is 6.26. The van der Waals surface area contributed by atoms with Gasteiger partial charge in [-0.05, 0) is 12.1 Å². The first-order valence-electron chi connectivity index (χ1n) is 6.26. The fourth-order valence-corrected chi connectivity index (χ4v) is 1.90. The average Bonchev–Trinajstić information content (AvgIpc) is 2.53. The Kier molecular flexibility index (Phi) is 4.44. The molecule has 0 saturated heterocycles. The van der Waals surface area contributed by atoms with Gasteiger partial charge in [0.05, 0.1) is 30.8 Å². The number of ether oxygens (including phenoxy) is 2. The largest absolute Gasteiger partial charge is 0.497 e. The summed E-state index contributed by atoms with van der Waals surface area (Å²) in [5, 5.41) is 23.0. The van der Waals surface area contributed by atoms with Gasteiger partial charge >= 0.3 is 0 Å². The lowest BCUT2D eigenvalue weighted by Crippen LogP contribution is -1.98. The summed E-state index contributed by atoms with van der Waals surface area (Å²) in [5.74, 6) is 1.09. The van der Waals surface area contributed by atoms with E-state index in [1.807, 2.05) is 6.07 Å². The monoisotopic (exact) mass is 299 g/mol. The number of nitrogens with one attached hydrogen (secondary N) is 1. The van der Waals surface area contributed by atoms with Crippen molar-refractivity contribution in [1.82, 2.24) is 0 Å². The molecule has 2 aromatic carbocycles. The van der Waals surface area contributed by atoms with Crippen LogP contribution in [0.3, 0.4) is 0 Å². The van der Waals surface area contributed by atoms with Crippen LogP contribution < -0.4 is 14.8 Å². The normalized spacial score (nSPS) is 9.68. The van der Waals surface area contributed by atoms with Gasteiger partial charge < -0.3 is 14.8 Å². The summed E-state index contributed by atoms with van der Waals surface area (Å²) < 4.78 is 10.3. The Hall–Kier alpha value is -3.27. The second-order valence-electron chi connectivity index (χ2n) is 4.33. The van der Waals surface area contributed by atoms with Gasteiger partial charge in [-0.15, -0.1) is 0 Å². The van der Waals surface area contributed by atoms with E-state index in [2.05, 4.69) is 5.32 Å². The SMILES string of the molecule is COc1cc(Nc2cc(C#N)ccc2[N+](=O)[O-])cc(OC)c1. The van der Waals surface area contributed by atoms with Crippen LogP contribution >= 0.6 is 0 Å². The van der Waals surface area contributed by atoms with E-state index in [0.717, 1.165) is 0 Å². The number of hydrogen-bond donors (Lipinski definition) is 1. The summed E-state index contributed by atoms with van der Waals surface area (Å²) in [4.78, 5) is 10.6. The van der Waals surface area contributed by atoms with Crippen molar-refractivity contribution in [3.05, 3.63) is 52.1 Å². The van der Waals surface area contributed by atoms with Crippen LogP contribution in [0.5, 0.6) is 11.5 Å². The van der Waals surface area contributed by atoms with Gasteiger partial charge in [0.1, 0.15) is 17.2 Å². The second-order valence-corrected chi connectivity index (χ2v) is 4.33. The Labute approximate surface area is 126 Å². The zero-order chi connectivity index (χ0) is 16.1. The molecule has 7 nitrogen and oxygen atoms in total. The first-order chi connectivity index (χ1) is 10.6. The molecule has 0 heterocycles. The number of anilines is 2. The van der Waals surface area contributed by atoms with E-state index < -0.39 is 4.92 Å². The fourth-order valence-electron chi connectivity index (χ4n) is 1.90. The molecule has 0 spiro atoms. The maximum absolute atomic E-state index is 11.1. The number of nitro groups is 1. The Morgan fingerprint density at radius 3 is 2.27 bits per heavy atom. The zero-order valence-corrected chi connectivity index (χ0v) is 12.0. The van der Waals surface area contributed by atoms with E-state index in [-0.39, 0.29) is 11.4 Å². The fraction of sp³-hybridized carbons (Fsp3) is 0.133. The molecule has 112 valence electrons. The Morgan fingerprint density at radius 2 is 1.77 bits per heavy atom. The molecule has 7 heteroatoms. The van der Waals surface area contributed by atoms with Crippen LogP contribution in [0, 0.1) is 21.4 Å². The highest BCUT2D eigenvalue weighted by Crippen LogP contribution is 2.32. The Balaban J connectivity index is 2.46. The molecule has 22 heavy (non-hydrogen) atoms. The summed E-state index contributed by atoms with van der Waals surface area (Å²) in [6.07, 6.45) is 0. The molecule has 2 rings (SSSR count). The number of rotatable bonds is 5. The van der Waals surface area contributed by atoms with Crippen LogP contribution in [-0.4, -0.2) is 19.1 Å². The van der Waals surface area contributed by atoms with Crippen molar-refractivity contribution in [2.24, 2.45) is 0 Å². The van der Waals surface area contributed by atoms with Gasteiger partial charge in [-0.3, -0.25) is 10.1 Å². The van der Waals surface area contributed by atoms with Crippen molar-refractivity contribution in [2.75, 3.05) is 19.5 Å². The molecule has 1 N–H and O–H groups in total. The summed E-state index contributed by atoms with van der Waals surface area (Å²) in [6.45, 7) is 0. The van der Waals surface area contributed by atoms with Gasteiger partial charge in [0.2, 0.25) is 0 Å². The summed E-state index contributed by atoms with van der Waals surface area (Å²) in [7, 11) is 3.02. The second kappa shape index (κ2) is 6.45. The number of nitriles is 1. The number of nitrogens with zero attached hydrogens (tertiary/aromatic N) is 2. The minimum atomic E-state index is -0.513. The predicted octanol–water partition coefficient (Wildman–Crippen LogP) is 3.23. The van der Waals surface area contributed by atoms with Crippen molar-refractivity contribution >= 4 is 17.1 Å². The van der Waals surface area contributed by atoms with E-state index >= 15 is 0 Å². The maximum Gasteiger partial charge on any atom is 0.292 e. The summed E-state index contributed by atoms with van der Waals surface area (Å²) in [6, 6.07) is 11.1. The molecular weight excluding hydrogens is 286 g/mol. The molecule has 0 fully saturated rings.